The van der Waals surface area contributed by atoms with E-state index in [1.54, 1.807) is 6.20 Å². The zero-order valence-electron chi connectivity index (χ0n) is 14.8. The minimum Gasteiger partial charge on any atom is -0.326 e. The van der Waals surface area contributed by atoms with Gasteiger partial charge in [0.2, 0.25) is 5.91 Å². The first-order valence-electron chi connectivity index (χ1n) is 9.35. The molecule has 1 saturated heterocycles. The first-order valence-corrected chi connectivity index (χ1v) is 9.35. The number of benzene rings is 1. The fourth-order valence-electron chi connectivity index (χ4n) is 3.29. The average molecular weight is 337 g/mol. The number of likely N-dealkylation sites (tertiary alicyclic amines) is 1. The maximum Gasteiger partial charge on any atom is 0.224 e. The minimum absolute atomic E-state index is 0.101. The summed E-state index contributed by atoms with van der Waals surface area (Å²) in [7, 11) is 0. The number of carbonyl (C=O) groups excluding carboxylic acids is 1. The molecule has 2 heterocycles. The standard InChI is InChI=1S/C21H27N3O/c25-21(9-3-7-17-24-15-5-1-6-16-24)23-19-12-10-18(11-13-19)20-8-2-4-14-22-20/h2,4,8,10-14H,1,3,5-7,9,15-17H2,(H,23,25). The summed E-state index contributed by atoms with van der Waals surface area (Å²) in [5, 5.41) is 2.99. The second kappa shape index (κ2) is 9.33. The molecule has 0 bridgehead atoms. The van der Waals surface area contributed by atoms with Crippen LogP contribution in [0.5, 0.6) is 0 Å². The molecule has 132 valence electrons. The molecule has 0 radical (unpaired) electrons. The summed E-state index contributed by atoms with van der Waals surface area (Å²) in [6.45, 7) is 3.59. The van der Waals surface area contributed by atoms with Crippen molar-refractivity contribution in [1.82, 2.24) is 9.88 Å². The van der Waals surface area contributed by atoms with Gasteiger partial charge in [-0.15, -0.1) is 0 Å². The minimum atomic E-state index is 0.101. The van der Waals surface area contributed by atoms with Crippen LogP contribution in [0.2, 0.25) is 0 Å². The van der Waals surface area contributed by atoms with E-state index >= 15 is 0 Å². The highest BCUT2D eigenvalue weighted by Gasteiger charge is 2.09. The summed E-state index contributed by atoms with van der Waals surface area (Å²) < 4.78 is 0. The van der Waals surface area contributed by atoms with Gasteiger partial charge in [-0.2, -0.15) is 0 Å². The normalized spacial score (nSPS) is 15.0. The van der Waals surface area contributed by atoms with E-state index in [0.29, 0.717) is 6.42 Å². The van der Waals surface area contributed by atoms with Crippen LogP contribution >= 0.6 is 0 Å². The molecule has 1 aliphatic rings. The third-order valence-corrected chi connectivity index (χ3v) is 4.71. The van der Waals surface area contributed by atoms with Gasteiger partial charge < -0.3 is 10.2 Å². The zero-order chi connectivity index (χ0) is 17.3. The highest BCUT2D eigenvalue weighted by molar-refractivity contribution is 5.90. The number of aromatic nitrogens is 1. The van der Waals surface area contributed by atoms with E-state index in [4.69, 9.17) is 0 Å². The lowest BCUT2D eigenvalue weighted by molar-refractivity contribution is -0.116. The quantitative estimate of drug-likeness (QED) is 0.764. The molecule has 0 aliphatic carbocycles. The number of anilines is 1. The number of piperidine rings is 1. The van der Waals surface area contributed by atoms with Crippen molar-refractivity contribution < 1.29 is 4.79 Å². The number of amides is 1. The monoisotopic (exact) mass is 337 g/mol. The third kappa shape index (κ3) is 5.68. The van der Waals surface area contributed by atoms with Crippen LogP contribution in [0.1, 0.15) is 38.5 Å². The molecule has 3 rings (SSSR count). The van der Waals surface area contributed by atoms with Crippen molar-refractivity contribution in [3.05, 3.63) is 48.7 Å². The Labute approximate surface area is 150 Å². The first-order chi connectivity index (χ1) is 12.3. The van der Waals surface area contributed by atoms with Crippen molar-refractivity contribution >= 4 is 11.6 Å². The SMILES string of the molecule is O=C(CCCCN1CCCCC1)Nc1ccc(-c2ccccn2)cc1. The number of hydrogen-bond donors (Lipinski definition) is 1. The van der Waals surface area contributed by atoms with Crippen molar-refractivity contribution in [2.24, 2.45) is 0 Å². The van der Waals surface area contributed by atoms with Gasteiger partial charge in [0.15, 0.2) is 0 Å². The Kier molecular flexibility index (Phi) is 6.57. The van der Waals surface area contributed by atoms with Gasteiger partial charge in [-0.25, -0.2) is 0 Å². The number of nitrogens with zero attached hydrogens (tertiary/aromatic N) is 2. The van der Waals surface area contributed by atoms with E-state index < -0.39 is 0 Å². The summed E-state index contributed by atoms with van der Waals surface area (Å²) in [5.74, 6) is 0.101. The van der Waals surface area contributed by atoms with Gasteiger partial charge in [0.25, 0.3) is 0 Å². The van der Waals surface area contributed by atoms with Crippen molar-refractivity contribution in [2.45, 2.75) is 38.5 Å². The Morgan fingerprint density at radius 3 is 2.52 bits per heavy atom. The summed E-state index contributed by atoms with van der Waals surface area (Å²) in [6.07, 6.45) is 8.47. The number of pyridine rings is 1. The molecule has 2 aromatic rings. The predicted molar refractivity (Wildman–Crippen MR) is 102 cm³/mol. The topological polar surface area (TPSA) is 45.2 Å². The van der Waals surface area contributed by atoms with Gasteiger partial charge in [-0.05, 0) is 69.6 Å². The average Bonchev–Trinajstić information content (AvgIpc) is 2.67. The molecular formula is C21H27N3O. The summed E-state index contributed by atoms with van der Waals surface area (Å²) in [6, 6.07) is 13.7. The molecule has 1 fully saturated rings. The van der Waals surface area contributed by atoms with Crippen LogP contribution in [0.25, 0.3) is 11.3 Å². The van der Waals surface area contributed by atoms with E-state index in [2.05, 4.69) is 15.2 Å². The Morgan fingerprint density at radius 2 is 1.80 bits per heavy atom. The van der Waals surface area contributed by atoms with E-state index in [-0.39, 0.29) is 5.91 Å². The molecule has 1 N–H and O–H groups in total. The predicted octanol–water partition coefficient (Wildman–Crippen LogP) is 4.34. The number of carbonyl (C=O) groups is 1. The van der Waals surface area contributed by atoms with Crippen molar-refractivity contribution in [2.75, 3.05) is 25.0 Å². The summed E-state index contributed by atoms with van der Waals surface area (Å²) in [5.41, 5.74) is 2.85. The molecule has 1 aromatic carbocycles. The molecule has 1 amide bonds. The van der Waals surface area contributed by atoms with Crippen LogP contribution in [0.3, 0.4) is 0 Å². The molecule has 0 unspecified atom stereocenters. The zero-order valence-corrected chi connectivity index (χ0v) is 14.8. The molecule has 4 heteroatoms. The highest BCUT2D eigenvalue weighted by atomic mass is 16.1. The number of unbranched alkanes of at least 4 members (excludes halogenated alkanes) is 1. The van der Waals surface area contributed by atoms with E-state index in [1.807, 2.05) is 42.5 Å². The molecule has 25 heavy (non-hydrogen) atoms. The Balaban J connectivity index is 1.39. The molecule has 0 saturated carbocycles. The maximum atomic E-state index is 12.1. The summed E-state index contributed by atoms with van der Waals surface area (Å²) in [4.78, 5) is 18.9. The van der Waals surface area contributed by atoms with Gasteiger partial charge in [0.05, 0.1) is 5.69 Å². The van der Waals surface area contributed by atoms with Crippen LogP contribution in [0, 0.1) is 0 Å². The lowest BCUT2D eigenvalue weighted by atomic mass is 10.1. The van der Waals surface area contributed by atoms with Crippen LogP contribution in [0.15, 0.2) is 48.7 Å². The van der Waals surface area contributed by atoms with Crippen LogP contribution in [-0.2, 0) is 4.79 Å². The molecule has 4 nitrogen and oxygen atoms in total. The van der Waals surface area contributed by atoms with Crippen molar-refractivity contribution in [1.29, 1.82) is 0 Å². The molecule has 0 spiro atoms. The smallest absolute Gasteiger partial charge is 0.224 e. The van der Waals surface area contributed by atoms with Gasteiger partial charge in [0.1, 0.15) is 0 Å². The van der Waals surface area contributed by atoms with Gasteiger partial charge in [-0.3, -0.25) is 9.78 Å². The third-order valence-electron chi connectivity index (χ3n) is 4.71. The summed E-state index contributed by atoms with van der Waals surface area (Å²) >= 11 is 0. The Bertz CT molecular complexity index is 649. The number of rotatable bonds is 7. The van der Waals surface area contributed by atoms with E-state index in [9.17, 15) is 4.79 Å². The lowest BCUT2D eigenvalue weighted by Crippen LogP contribution is -2.30. The maximum absolute atomic E-state index is 12.1. The van der Waals surface area contributed by atoms with Crippen LogP contribution < -0.4 is 5.32 Å². The van der Waals surface area contributed by atoms with Gasteiger partial charge in [-0.1, -0.05) is 24.6 Å². The Morgan fingerprint density at radius 1 is 1.00 bits per heavy atom. The molecule has 1 aliphatic heterocycles. The van der Waals surface area contributed by atoms with Gasteiger partial charge >= 0.3 is 0 Å². The van der Waals surface area contributed by atoms with Gasteiger partial charge in [0, 0.05) is 23.9 Å². The molecular weight excluding hydrogens is 310 g/mol. The van der Waals surface area contributed by atoms with Crippen molar-refractivity contribution in [3.8, 4) is 11.3 Å². The largest absolute Gasteiger partial charge is 0.326 e. The first kappa shape index (κ1) is 17.6. The second-order valence-corrected chi connectivity index (χ2v) is 6.70. The van der Waals surface area contributed by atoms with Crippen molar-refractivity contribution in [3.63, 3.8) is 0 Å². The van der Waals surface area contributed by atoms with Crippen LogP contribution in [-0.4, -0.2) is 35.4 Å². The van der Waals surface area contributed by atoms with E-state index in [1.165, 1.54) is 32.4 Å². The van der Waals surface area contributed by atoms with Crippen LogP contribution in [0.4, 0.5) is 5.69 Å². The second-order valence-electron chi connectivity index (χ2n) is 6.70. The Hall–Kier alpha value is -2.20. The molecule has 0 atom stereocenters. The fourth-order valence-corrected chi connectivity index (χ4v) is 3.29. The lowest BCUT2D eigenvalue weighted by Gasteiger charge is -2.26. The number of hydrogen-bond acceptors (Lipinski definition) is 3. The fraction of sp³-hybridized carbons (Fsp3) is 0.429. The number of nitrogens with one attached hydrogen (secondary N) is 1. The molecule has 1 aromatic heterocycles. The van der Waals surface area contributed by atoms with E-state index in [0.717, 1.165) is 36.3 Å². The highest BCUT2D eigenvalue weighted by Crippen LogP contribution is 2.19.